The number of nitrogens with one attached hydrogen (secondary N) is 1. The van der Waals surface area contributed by atoms with E-state index in [2.05, 4.69) is 10.3 Å². The first-order valence-electron chi connectivity index (χ1n) is 9.33. The monoisotopic (exact) mass is 474 g/mol. The van der Waals surface area contributed by atoms with Gasteiger partial charge in [0.05, 0.1) is 10.6 Å². The molecule has 0 unspecified atom stereocenters. The van der Waals surface area contributed by atoms with Crippen molar-refractivity contribution < 1.29 is 13.9 Å². The SMILES string of the molecule is CC(C)(Oc1ccc(Cl)cc1)C(=O)Nc1ccc2oc(-c3cc(Cl)ccc3Cl)nc2c1. The Morgan fingerprint density at radius 2 is 1.68 bits per heavy atom. The second-order valence-electron chi connectivity index (χ2n) is 7.35. The number of carbonyl (C=O) groups is 1. The number of benzene rings is 3. The van der Waals surface area contributed by atoms with Crippen molar-refractivity contribution in [3.05, 3.63) is 75.7 Å². The lowest BCUT2D eigenvalue weighted by atomic mass is 10.1. The van der Waals surface area contributed by atoms with Crippen LogP contribution < -0.4 is 10.1 Å². The largest absolute Gasteiger partial charge is 0.478 e. The number of anilines is 1. The molecule has 3 aromatic carbocycles. The maximum absolute atomic E-state index is 12.8. The highest BCUT2D eigenvalue weighted by Crippen LogP contribution is 2.33. The fourth-order valence-electron chi connectivity index (χ4n) is 2.91. The van der Waals surface area contributed by atoms with Crippen LogP contribution in [0.4, 0.5) is 5.69 Å². The molecule has 5 nitrogen and oxygen atoms in total. The number of nitrogens with zero attached hydrogens (tertiary/aromatic N) is 1. The average Bonchev–Trinajstić information content (AvgIpc) is 3.14. The van der Waals surface area contributed by atoms with E-state index in [1.165, 1.54) is 0 Å². The summed E-state index contributed by atoms with van der Waals surface area (Å²) in [6.45, 7) is 3.37. The maximum atomic E-state index is 12.8. The summed E-state index contributed by atoms with van der Waals surface area (Å²) < 4.78 is 11.6. The van der Waals surface area contributed by atoms with Crippen LogP contribution in [-0.2, 0) is 4.79 Å². The van der Waals surface area contributed by atoms with Crippen molar-refractivity contribution in [1.29, 1.82) is 0 Å². The van der Waals surface area contributed by atoms with Gasteiger partial charge in [0.25, 0.3) is 5.91 Å². The molecule has 0 radical (unpaired) electrons. The molecule has 0 bridgehead atoms. The van der Waals surface area contributed by atoms with Crippen LogP contribution in [0, 0.1) is 0 Å². The summed E-state index contributed by atoms with van der Waals surface area (Å²) in [5.74, 6) is 0.570. The summed E-state index contributed by atoms with van der Waals surface area (Å²) in [4.78, 5) is 17.3. The van der Waals surface area contributed by atoms with E-state index in [0.717, 1.165) is 0 Å². The van der Waals surface area contributed by atoms with Crippen LogP contribution in [-0.4, -0.2) is 16.5 Å². The Balaban J connectivity index is 1.55. The second kappa shape index (κ2) is 8.42. The molecule has 0 fully saturated rings. The van der Waals surface area contributed by atoms with Crippen LogP contribution in [0.1, 0.15) is 13.8 Å². The first kappa shape index (κ1) is 21.5. The molecule has 0 aliphatic heterocycles. The van der Waals surface area contributed by atoms with Crippen molar-refractivity contribution in [2.24, 2.45) is 0 Å². The van der Waals surface area contributed by atoms with Crippen LogP contribution in [0.5, 0.6) is 5.75 Å². The van der Waals surface area contributed by atoms with Crippen LogP contribution in [0.2, 0.25) is 15.1 Å². The molecule has 4 rings (SSSR count). The van der Waals surface area contributed by atoms with Crippen LogP contribution >= 0.6 is 34.8 Å². The van der Waals surface area contributed by atoms with Crippen molar-refractivity contribution in [3.63, 3.8) is 0 Å². The number of fused-ring (bicyclic) bond motifs is 1. The molecule has 4 aromatic rings. The van der Waals surface area contributed by atoms with E-state index in [4.69, 9.17) is 44.0 Å². The Morgan fingerprint density at radius 1 is 0.968 bits per heavy atom. The lowest BCUT2D eigenvalue weighted by Gasteiger charge is -2.25. The molecule has 1 aromatic heterocycles. The van der Waals surface area contributed by atoms with Crippen LogP contribution in [0.15, 0.2) is 65.1 Å². The minimum atomic E-state index is -1.12. The molecule has 0 aliphatic rings. The molecule has 0 saturated heterocycles. The van der Waals surface area contributed by atoms with Gasteiger partial charge in [0, 0.05) is 15.7 Å². The molecule has 1 amide bonds. The number of hydrogen-bond acceptors (Lipinski definition) is 4. The average molecular weight is 476 g/mol. The Morgan fingerprint density at radius 3 is 2.42 bits per heavy atom. The predicted octanol–water partition coefficient (Wildman–Crippen LogP) is 7.25. The van der Waals surface area contributed by atoms with Crippen molar-refractivity contribution in [1.82, 2.24) is 4.98 Å². The van der Waals surface area contributed by atoms with Gasteiger partial charge in [-0.2, -0.15) is 0 Å². The molecule has 158 valence electrons. The van der Waals surface area contributed by atoms with E-state index in [9.17, 15) is 4.79 Å². The molecule has 0 spiro atoms. The van der Waals surface area contributed by atoms with Crippen molar-refractivity contribution in [2.75, 3.05) is 5.32 Å². The first-order valence-corrected chi connectivity index (χ1v) is 10.5. The van der Waals surface area contributed by atoms with Crippen molar-refractivity contribution in [2.45, 2.75) is 19.4 Å². The summed E-state index contributed by atoms with van der Waals surface area (Å²) >= 11 is 18.2. The normalized spacial score (nSPS) is 11.5. The van der Waals surface area contributed by atoms with E-state index in [1.807, 2.05) is 0 Å². The van der Waals surface area contributed by atoms with Crippen molar-refractivity contribution >= 4 is 57.5 Å². The Kier molecular flexibility index (Phi) is 5.84. The van der Waals surface area contributed by atoms with Crippen LogP contribution in [0.25, 0.3) is 22.6 Å². The number of oxazole rings is 1. The summed E-state index contributed by atoms with van der Waals surface area (Å²) in [7, 11) is 0. The highest BCUT2D eigenvalue weighted by Gasteiger charge is 2.30. The van der Waals surface area contributed by atoms with Gasteiger partial charge in [-0.3, -0.25) is 4.79 Å². The van der Waals surface area contributed by atoms with Gasteiger partial charge in [-0.25, -0.2) is 4.98 Å². The zero-order chi connectivity index (χ0) is 22.2. The molecule has 1 heterocycles. The predicted molar refractivity (Wildman–Crippen MR) is 124 cm³/mol. The number of ether oxygens (including phenoxy) is 1. The number of amides is 1. The third-order valence-electron chi connectivity index (χ3n) is 4.54. The maximum Gasteiger partial charge on any atom is 0.267 e. The zero-order valence-corrected chi connectivity index (χ0v) is 18.8. The summed E-state index contributed by atoms with van der Waals surface area (Å²) in [5, 5.41) is 4.45. The summed E-state index contributed by atoms with van der Waals surface area (Å²) in [6.07, 6.45) is 0. The number of aromatic nitrogens is 1. The van der Waals surface area contributed by atoms with Gasteiger partial charge in [-0.1, -0.05) is 34.8 Å². The molecule has 0 saturated carbocycles. The third kappa shape index (κ3) is 4.79. The Hall–Kier alpha value is -2.73. The minimum absolute atomic E-state index is 0.316. The topological polar surface area (TPSA) is 64.4 Å². The van der Waals surface area contributed by atoms with Gasteiger partial charge in [0.2, 0.25) is 5.89 Å². The van der Waals surface area contributed by atoms with Gasteiger partial charge >= 0.3 is 0 Å². The number of hydrogen-bond donors (Lipinski definition) is 1. The van der Waals surface area contributed by atoms with Gasteiger partial charge < -0.3 is 14.5 Å². The van der Waals surface area contributed by atoms with Gasteiger partial charge in [-0.05, 0) is 74.5 Å². The van der Waals surface area contributed by atoms with Crippen molar-refractivity contribution in [3.8, 4) is 17.2 Å². The third-order valence-corrected chi connectivity index (χ3v) is 5.35. The second-order valence-corrected chi connectivity index (χ2v) is 8.63. The highest BCUT2D eigenvalue weighted by atomic mass is 35.5. The molecule has 8 heteroatoms. The first-order chi connectivity index (χ1) is 14.7. The van der Waals surface area contributed by atoms with E-state index < -0.39 is 5.60 Å². The molecular formula is C23H17Cl3N2O3. The quantitative estimate of drug-likeness (QED) is 0.330. The van der Waals surface area contributed by atoms with E-state index in [-0.39, 0.29) is 5.91 Å². The number of carbonyl (C=O) groups excluding carboxylic acids is 1. The zero-order valence-electron chi connectivity index (χ0n) is 16.6. The Bertz CT molecular complexity index is 1270. The minimum Gasteiger partial charge on any atom is -0.478 e. The number of rotatable bonds is 5. The van der Waals surface area contributed by atoms with E-state index in [1.54, 1.807) is 74.5 Å². The molecule has 0 aliphatic carbocycles. The van der Waals surface area contributed by atoms with E-state index >= 15 is 0 Å². The van der Waals surface area contributed by atoms with Gasteiger partial charge in [0.15, 0.2) is 11.2 Å². The highest BCUT2D eigenvalue weighted by molar-refractivity contribution is 6.35. The van der Waals surface area contributed by atoms with Gasteiger partial charge in [-0.15, -0.1) is 0 Å². The fourth-order valence-corrected chi connectivity index (χ4v) is 3.40. The summed E-state index contributed by atoms with van der Waals surface area (Å²) in [6, 6.07) is 17.1. The lowest BCUT2D eigenvalue weighted by molar-refractivity contribution is -0.128. The molecule has 1 N–H and O–H groups in total. The summed E-state index contributed by atoms with van der Waals surface area (Å²) in [5.41, 5.74) is 1.16. The fraction of sp³-hybridized carbons (Fsp3) is 0.130. The smallest absolute Gasteiger partial charge is 0.267 e. The van der Waals surface area contributed by atoms with Crippen LogP contribution in [0.3, 0.4) is 0 Å². The lowest BCUT2D eigenvalue weighted by Crippen LogP contribution is -2.42. The Labute approximate surface area is 193 Å². The standard InChI is InChI=1S/C23H17Cl3N2O3/c1-23(2,31-16-7-3-13(24)4-8-16)22(29)27-15-6-10-20-19(12-15)28-21(30-20)17-11-14(25)5-9-18(17)26/h3-12H,1-2H3,(H,27,29). The number of halogens is 3. The van der Waals surface area contributed by atoms with Gasteiger partial charge in [0.1, 0.15) is 11.3 Å². The molecule has 0 atom stereocenters. The molecule has 31 heavy (non-hydrogen) atoms. The van der Waals surface area contributed by atoms with E-state index in [0.29, 0.717) is 49.1 Å². The molecular weight excluding hydrogens is 459 g/mol.